The number of hydrogen-bond donors (Lipinski definition) is 2. The Labute approximate surface area is 99.5 Å². The summed E-state index contributed by atoms with van der Waals surface area (Å²) in [4.78, 5) is 24.1. The number of carbonyl (C=O) groups is 2. The fourth-order valence-corrected chi connectivity index (χ4v) is 1.65. The number of methoxy groups -OCH3 is 1. The van der Waals surface area contributed by atoms with Crippen molar-refractivity contribution in [3.63, 3.8) is 0 Å². The van der Waals surface area contributed by atoms with Gasteiger partial charge in [0.2, 0.25) is 5.91 Å². The summed E-state index contributed by atoms with van der Waals surface area (Å²) >= 11 is 4.03. The molecule has 0 radical (unpaired) electrons. The zero-order valence-corrected chi connectivity index (χ0v) is 10.1. The number of rotatable bonds is 4. The van der Waals surface area contributed by atoms with E-state index in [-0.39, 0.29) is 18.4 Å². The van der Waals surface area contributed by atoms with Crippen molar-refractivity contribution < 1.29 is 19.4 Å². The second-order valence-corrected chi connectivity index (χ2v) is 4.04. The molecule has 90 valence electrons. The van der Waals surface area contributed by atoms with Gasteiger partial charge in [0.05, 0.1) is 13.7 Å². The van der Waals surface area contributed by atoms with Gasteiger partial charge in [0.15, 0.2) is 6.04 Å². The molecule has 16 heavy (non-hydrogen) atoms. The van der Waals surface area contributed by atoms with Crippen LogP contribution in [-0.4, -0.2) is 47.3 Å². The Morgan fingerprint density at radius 1 is 1.75 bits per heavy atom. The Hall–Kier alpha value is -1.17. The highest BCUT2D eigenvalue weighted by Gasteiger charge is 2.36. The van der Waals surface area contributed by atoms with E-state index in [4.69, 9.17) is 9.84 Å². The molecular formula is C10H15NO4S. The van der Waals surface area contributed by atoms with Gasteiger partial charge >= 0.3 is 5.97 Å². The van der Waals surface area contributed by atoms with E-state index in [9.17, 15) is 9.59 Å². The summed E-state index contributed by atoms with van der Waals surface area (Å²) in [5.41, 5.74) is 0. The molecular weight excluding hydrogens is 230 g/mol. The zero-order valence-electron chi connectivity index (χ0n) is 9.21. The Bertz CT molecular complexity index is 329. The number of amides is 1. The standard InChI is InChI=1S/C10H15NO4S/c1-6(5-16)9(12)11-4-7(15-2)3-8(11)10(13)14/h3,6,8,16H,4-5H2,1-2H3,(H,13,14)/t6?,8-/m0/s1. The number of hydrogen-bond acceptors (Lipinski definition) is 4. The van der Waals surface area contributed by atoms with Crippen LogP contribution in [0.1, 0.15) is 6.92 Å². The van der Waals surface area contributed by atoms with Crippen LogP contribution in [0.5, 0.6) is 0 Å². The third-order valence-electron chi connectivity index (χ3n) is 2.50. The van der Waals surface area contributed by atoms with Crippen LogP contribution in [-0.2, 0) is 14.3 Å². The van der Waals surface area contributed by atoms with Crippen LogP contribution in [0.25, 0.3) is 0 Å². The minimum Gasteiger partial charge on any atom is -0.499 e. The van der Waals surface area contributed by atoms with Gasteiger partial charge in [-0.15, -0.1) is 0 Å². The molecule has 0 fully saturated rings. The van der Waals surface area contributed by atoms with E-state index >= 15 is 0 Å². The molecule has 1 aliphatic rings. The lowest BCUT2D eigenvalue weighted by atomic mass is 10.1. The van der Waals surface area contributed by atoms with Crippen molar-refractivity contribution in [3.05, 3.63) is 11.8 Å². The van der Waals surface area contributed by atoms with E-state index in [0.717, 1.165) is 0 Å². The third kappa shape index (κ3) is 2.49. The lowest BCUT2D eigenvalue weighted by molar-refractivity contribution is -0.148. The van der Waals surface area contributed by atoms with Gasteiger partial charge in [0.1, 0.15) is 5.76 Å². The first-order valence-corrected chi connectivity index (χ1v) is 5.53. The fraction of sp³-hybridized carbons (Fsp3) is 0.600. The quantitative estimate of drug-likeness (QED) is 0.703. The normalized spacial score (nSPS) is 21.6. The van der Waals surface area contributed by atoms with Crippen LogP contribution in [0.3, 0.4) is 0 Å². The molecule has 1 unspecified atom stereocenters. The number of nitrogens with zero attached hydrogens (tertiary/aromatic N) is 1. The number of aliphatic carboxylic acids is 1. The minimum atomic E-state index is -1.05. The van der Waals surface area contributed by atoms with Crippen molar-refractivity contribution >= 4 is 24.5 Å². The molecule has 2 atom stereocenters. The SMILES string of the molecule is COC1=C[C@@H](C(=O)O)N(C(=O)C(C)CS)C1. The number of thiol groups is 1. The molecule has 1 rings (SSSR count). The van der Waals surface area contributed by atoms with Gasteiger partial charge in [-0.1, -0.05) is 6.92 Å². The number of carboxylic acid groups (broad SMARTS) is 1. The first kappa shape index (κ1) is 12.9. The van der Waals surface area contributed by atoms with Crippen LogP contribution >= 0.6 is 12.6 Å². The van der Waals surface area contributed by atoms with Gasteiger partial charge in [-0.2, -0.15) is 12.6 Å². The Morgan fingerprint density at radius 2 is 2.38 bits per heavy atom. The van der Waals surface area contributed by atoms with Crippen molar-refractivity contribution in [3.8, 4) is 0 Å². The molecule has 0 spiro atoms. The monoisotopic (exact) mass is 245 g/mol. The molecule has 0 saturated heterocycles. The number of ether oxygens (including phenoxy) is 1. The van der Waals surface area contributed by atoms with Gasteiger partial charge in [0.25, 0.3) is 0 Å². The maximum absolute atomic E-state index is 11.9. The minimum absolute atomic E-state index is 0.213. The van der Waals surface area contributed by atoms with E-state index in [1.165, 1.54) is 18.1 Å². The van der Waals surface area contributed by atoms with Gasteiger partial charge in [-0.25, -0.2) is 4.79 Å². The molecule has 1 N–H and O–H groups in total. The highest BCUT2D eigenvalue weighted by molar-refractivity contribution is 7.80. The predicted molar refractivity (Wildman–Crippen MR) is 61.2 cm³/mol. The Morgan fingerprint density at radius 3 is 2.81 bits per heavy atom. The first-order valence-electron chi connectivity index (χ1n) is 4.90. The molecule has 6 heteroatoms. The summed E-state index contributed by atoms with van der Waals surface area (Å²) in [6, 6.07) is -0.926. The molecule has 0 aliphatic carbocycles. The van der Waals surface area contributed by atoms with E-state index in [2.05, 4.69) is 12.6 Å². The lowest BCUT2D eigenvalue weighted by Gasteiger charge is -2.24. The summed E-state index contributed by atoms with van der Waals surface area (Å²) < 4.78 is 4.97. The summed E-state index contributed by atoms with van der Waals surface area (Å²) in [5.74, 6) is -0.663. The van der Waals surface area contributed by atoms with E-state index in [0.29, 0.717) is 11.5 Å². The van der Waals surface area contributed by atoms with E-state index < -0.39 is 12.0 Å². The summed E-state index contributed by atoms with van der Waals surface area (Å²) in [6.45, 7) is 1.93. The van der Waals surface area contributed by atoms with E-state index in [1.54, 1.807) is 6.92 Å². The van der Waals surface area contributed by atoms with Crippen molar-refractivity contribution in [1.82, 2.24) is 4.90 Å². The highest BCUT2D eigenvalue weighted by atomic mass is 32.1. The summed E-state index contributed by atoms with van der Waals surface area (Å²) in [5, 5.41) is 8.99. The van der Waals surface area contributed by atoms with E-state index in [1.807, 2.05) is 0 Å². The summed E-state index contributed by atoms with van der Waals surface area (Å²) in [7, 11) is 1.46. The van der Waals surface area contributed by atoms with Gasteiger partial charge in [-0.3, -0.25) is 4.79 Å². The molecule has 1 aliphatic heterocycles. The zero-order chi connectivity index (χ0) is 12.3. The fourth-order valence-electron chi connectivity index (χ4n) is 1.50. The third-order valence-corrected chi connectivity index (χ3v) is 3.05. The predicted octanol–water partition coefficient (Wildman–Crippen LogP) is 0.378. The maximum atomic E-state index is 11.9. The molecule has 5 nitrogen and oxygen atoms in total. The van der Waals surface area contributed by atoms with Crippen molar-refractivity contribution in [2.45, 2.75) is 13.0 Å². The van der Waals surface area contributed by atoms with Crippen LogP contribution in [0.15, 0.2) is 11.8 Å². The second-order valence-electron chi connectivity index (χ2n) is 3.67. The topological polar surface area (TPSA) is 66.8 Å². The van der Waals surface area contributed by atoms with Crippen molar-refractivity contribution in [1.29, 1.82) is 0 Å². The largest absolute Gasteiger partial charge is 0.499 e. The second kappa shape index (κ2) is 5.25. The van der Waals surface area contributed by atoms with Crippen LogP contribution in [0.2, 0.25) is 0 Å². The summed E-state index contributed by atoms with van der Waals surface area (Å²) in [6.07, 6.45) is 1.45. The average molecular weight is 245 g/mol. The first-order chi connectivity index (χ1) is 7.51. The highest BCUT2D eigenvalue weighted by Crippen LogP contribution is 2.20. The Balaban J connectivity index is 2.82. The van der Waals surface area contributed by atoms with Gasteiger partial charge < -0.3 is 14.7 Å². The van der Waals surface area contributed by atoms with Crippen LogP contribution < -0.4 is 0 Å². The molecule has 0 aromatic carbocycles. The number of carbonyl (C=O) groups excluding carboxylic acids is 1. The smallest absolute Gasteiger partial charge is 0.330 e. The molecule has 1 heterocycles. The van der Waals surface area contributed by atoms with Crippen LogP contribution in [0.4, 0.5) is 0 Å². The van der Waals surface area contributed by atoms with Crippen molar-refractivity contribution in [2.24, 2.45) is 5.92 Å². The molecule has 0 bridgehead atoms. The maximum Gasteiger partial charge on any atom is 0.330 e. The number of carboxylic acids is 1. The Kier molecular flexibility index (Phi) is 4.23. The average Bonchev–Trinajstić information content (AvgIpc) is 2.71. The molecule has 0 aromatic rings. The molecule has 1 amide bonds. The molecule has 0 saturated carbocycles. The van der Waals surface area contributed by atoms with Gasteiger partial charge in [0, 0.05) is 11.7 Å². The van der Waals surface area contributed by atoms with Crippen LogP contribution in [0, 0.1) is 5.92 Å². The molecule has 0 aromatic heterocycles. The van der Waals surface area contributed by atoms with Gasteiger partial charge in [-0.05, 0) is 6.08 Å². The lowest BCUT2D eigenvalue weighted by Crippen LogP contribution is -2.44. The van der Waals surface area contributed by atoms with Crippen molar-refractivity contribution in [2.75, 3.05) is 19.4 Å².